The van der Waals surface area contributed by atoms with E-state index in [-0.39, 0.29) is 6.54 Å². The van der Waals surface area contributed by atoms with Crippen LogP contribution in [0.1, 0.15) is 40.0 Å². The van der Waals surface area contributed by atoms with Crippen molar-refractivity contribution in [3.05, 3.63) is 12.7 Å². The van der Waals surface area contributed by atoms with Crippen LogP contribution in [0.2, 0.25) is 0 Å². The quantitative estimate of drug-likeness (QED) is 0.750. The second-order valence-corrected chi connectivity index (χ2v) is 6.06. The van der Waals surface area contributed by atoms with Crippen LogP contribution in [0.4, 0.5) is 0 Å². The number of hydrogen-bond donors (Lipinski definition) is 1. The van der Waals surface area contributed by atoms with Gasteiger partial charge in [0.05, 0.1) is 6.54 Å². The third kappa shape index (κ3) is 4.15. The highest BCUT2D eigenvalue weighted by atomic mass is 16.4. The molecule has 0 heterocycles. The van der Waals surface area contributed by atoms with Crippen LogP contribution in [-0.4, -0.2) is 35.1 Å². The predicted octanol–water partition coefficient (Wildman–Crippen LogP) is 2.77. The molecule has 0 saturated heterocycles. The predicted molar refractivity (Wildman–Crippen MR) is 70.0 cm³/mol. The third-order valence-corrected chi connectivity index (χ3v) is 3.82. The Balaban J connectivity index is 2.68. The van der Waals surface area contributed by atoms with Gasteiger partial charge in [-0.15, -0.1) is 6.58 Å². The van der Waals surface area contributed by atoms with E-state index in [1.807, 2.05) is 0 Å². The minimum absolute atomic E-state index is 0.126. The minimum Gasteiger partial charge on any atom is -0.480 e. The van der Waals surface area contributed by atoms with Crippen molar-refractivity contribution >= 4 is 5.97 Å². The molecule has 1 saturated carbocycles. The van der Waals surface area contributed by atoms with Crippen molar-refractivity contribution in [2.24, 2.45) is 11.3 Å². The Hall–Kier alpha value is -0.830. The average Bonchev–Trinajstić information content (AvgIpc) is 2.14. The van der Waals surface area contributed by atoms with Crippen molar-refractivity contribution in [1.82, 2.24) is 4.90 Å². The maximum atomic E-state index is 10.9. The van der Waals surface area contributed by atoms with E-state index in [1.54, 1.807) is 6.08 Å². The van der Waals surface area contributed by atoms with E-state index < -0.39 is 5.97 Å². The molecule has 0 radical (unpaired) electrons. The maximum Gasteiger partial charge on any atom is 0.317 e. The molecule has 3 nitrogen and oxygen atoms in total. The summed E-state index contributed by atoms with van der Waals surface area (Å²) in [7, 11) is 0. The highest BCUT2D eigenvalue weighted by Crippen LogP contribution is 2.40. The van der Waals surface area contributed by atoms with Gasteiger partial charge in [0, 0.05) is 12.6 Å². The first-order valence-electron chi connectivity index (χ1n) is 6.42. The van der Waals surface area contributed by atoms with Gasteiger partial charge in [-0.25, -0.2) is 0 Å². The van der Waals surface area contributed by atoms with Crippen molar-refractivity contribution < 1.29 is 9.90 Å². The van der Waals surface area contributed by atoms with E-state index in [2.05, 4.69) is 32.3 Å². The minimum atomic E-state index is -0.746. The monoisotopic (exact) mass is 239 g/mol. The van der Waals surface area contributed by atoms with Crippen LogP contribution >= 0.6 is 0 Å². The molecule has 0 bridgehead atoms. The Kier molecular flexibility index (Phi) is 4.75. The van der Waals surface area contributed by atoms with Gasteiger partial charge in [0.2, 0.25) is 0 Å². The van der Waals surface area contributed by atoms with Crippen molar-refractivity contribution in [3.63, 3.8) is 0 Å². The standard InChI is InChI=1S/C14H25NO2/c1-5-8-15(10-13(16)17)12-6-7-14(3,4)9-11(12)2/h5,11-12H,1,6-10H2,2-4H3,(H,16,17). The second kappa shape index (κ2) is 5.67. The zero-order chi connectivity index (χ0) is 13.1. The van der Waals surface area contributed by atoms with Gasteiger partial charge in [-0.2, -0.15) is 0 Å². The molecule has 1 fully saturated rings. The number of nitrogens with zero attached hydrogens (tertiary/aromatic N) is 1. The molecular weight excluding hydrogens is 214 g/mol. The van der Waals surface area contributed by atoms with Crippen LogP contribution in [0.25, 0.3) is 0 Å². The number of rotatable bonds is 5. The molecule has 1 rings (SSSR count). The van der Waals surface area contributed by atoms with E-state index in [0.717, 1.165) is 6.42 Å². The summed E-state index contributed by atoms with van der Waals surface area (Å²) in [6.45, 7) is 11.4. The molecule has 0 spiro atoms. The lowest BCUT2D eigenvalue weighted by molar-refractivity contribution is -0.139. The van der Waals surface area contributed by atoms with Crippen molar-refractivity contribution in [1.29, 1.82) is 0 Å². The number of carboxylic acid groups (broad SMARTS) is 1. The summed E-state index contributed by atoms with van der Waals surface area (Å²) in [5, 5.41) is 8.95. The summed E-state index contributed by atoms with van der Waals surface area (Å²) >= 11 is 0. The molecule has 0 aromatic heterocycles. The summed E-state index contributed by atoms with van der Waals surface area (Å²) in [4.78, 5) is 12.9. The van der Waals surface area contributed by atoms with E-state index in [9.17, 15) is 4.79 Å². The maximum absolute atomic E-state index is 10.9. The molecule has 0 aromatic carbocycles. The number of aliphatic carboxylic acids is 1. The van der Waals surface area contributed by atoms with Crippen molar-refractivity contribution in [2.45, 2.75) is 46.1 Å². The highest BCUT2D eigenvalue weighted by molar-refractivity contribution is 5.69. The van der Waals surface area contributed by atoms with Crippen LogP contribution in [0.15, 0.2) is 12.7 Å². The lowest BCUT2D eigenvalue weighted by Crippen LogP contribution is -2.46. The van der Waals surface area contributed by atoms with E-state index >= 15 is 0 Å². The van der Waals surface area contributed by atoms with E-state index in [1.165, 1.54) is 12.8 Å². The summed E-state index contributed by atoms with van der Waals surface area (Å²) < 4.78 is 0. The molecule has 17 heavy (non-hydrogen) atoms. The Morgan fingerprint density at radius 1 is 1.59 bits per heavy atom. The van der Waals surface area contributed by atoms with Gasteiger partial charge in [0.15, 0.2) is 0 Å². The van der Waals surface area contributed by atoms with Gasteiger partial charge in [-0.05, 0) is 30.6 Å². The van der Waals surface area contributed by atoms with E-state index in [0.29, 0.717) is 23.9 Å². The van der Waals surface area contributed by atoms with Gasteiger partial charge < -0.3 is 5.11 Å². The molecule has 0 aromatic rings. The molecule has 3 heteroatoms. The molecule has 98 valence electrons. The summed E-state index contributed by atoms with van der Waals surface area (Å²) in [6, 6.07) is 0.386. The molecule has 1 aliphatic rings. The fourth-order valence-electron chi connectivity index (χ4n) is 3.13. The van der Waals surface area contributed by atoms with Crippen LogP contribution in [0.5, 0.6) is 0 Å². The lowest BCUT2D eigenvalue weighted by Gasteiger charge is -2.43. The van der Waals surface area contributed by atoms with Crippen molar-refractivity contribution in [2.75, 3.05) is 13.1 Å². The van der Waals surface area contributed by atoms with Crippen LogP contribution in [-0.2, 0) is 4.79 Å². The van der Waals surface area contributed by atoms with Gasteiger partial charge in [0.1, 0.15) is 0 Å². The van der Waals surface area contributed by atoms with Crippen molar-refractivity contribution in [3.8, 4) is 0 Å². The molecule has 0 aliphatic heterocycles. The summed E-state index contributed by atoms with van der Waals surface area (Å²) in [5.74, 6) is -0.193. The largest absolute Gasteiger partial charge is 0.480 e. The zero-order valence-corrected chi connectivity index (χ0v) is 11.3. The smallest absolute Gasteiger partial charge is 0.317 e. The number of carbonyl (C=O) groups is 1. The first-order chi connectivity index (χ1) is 7.85. The summed E-state index contributed by atoms with van der Waals surface area (Å²) in [5.41, 5.74) is 0.402. The van der Waals surface area contributed by atoms with Gasteiger partial charge in [-0.1, -0.05) is 26.8 Å². The Morgan fingerprint density at radius 3 is 2.71 bits per heavy atom. The second-order valence-electron chi connectivity index (χ2n) is 6.06. The van der Waals surface area contributed by atoms with Crippen LogP contribution in [0.3, 0.4) is 0 Å². The normalized spacial score (nSPS) is 28.0. The number of hydrogen-bond acceptors (Lipinski definition) is 2. The van der Waals surface area contributed by atoms with Crippen LogP contribution < -0.4 is 0 Å². The Morgan fingerprint density at radius 2 is 2.24 bits per heavy atom. The Bertz CT molecular complexity index is 286. The van der Waals surface area contributed by atoms with Gasteiger partial charge >= 0.3 is 5.97 Å². The fourth-order valence-corrected chi connectivity index (χ4v) is 3.13. The van der Waals surface area contributed by atoms with Gasteiger partial charge in [0.25, 0.3) is 0 Å². The molecule has 2 atom stereocenters. The fraction of sp³-hybridized carbons (Fsp3) is 0.786. The average molecular weight is 239 g/mol. The summed E-state index contributed by atoms with van der Waals surface area (Å²) in [6.07, 6.45) is 5.24. The van der Waals surface area contributed by atoms with Crippen LogP contribution in [0, 0.1) is 11.3 Å². The molecule has 1 aliphatic carbocycles. The van der Waals surface area contributed by atoms with E-state index in [4.69, 9.17) is 5.11 Å². The molecule has 0 amide bonds. The highest BCUT2D eigenvalue weighted by Gasteiger charge is 2.35. The first-order valence-corrected chi connectivity index (χ1v) is 6.42. The molecule has 2 unspecified atom stereocenters. The topological polar surface area (TPSA) is 40.5 Å². The zero-order valence-electron chi connectivity index (χ0n) is 11.3. The van der Waals surface area contributed by atoms with Gasteiger partial charge in [-0.3, -0.25) is 9.69 Å². The lowest BCUT2D eigenvalue weighted by atomic mass is 9.70. The molecule has 1 N–H and O–H groups in total. The third-order valence-electron chi connectivity index (χ3n) is 3.82. The molecular formula is C14H25NO2. The Labute approximate surface area is 105 Å². The SMILES string of the molecule is C=CCN(CC(=O)O)C1CCC(C)(C)CC1C. The first kappa shape index (κ1) is 14.2. The number of carboxylic acids is 1.